The van der Waals surface area contributed by atoms with Crippen LogP contribution in [-0.2, 0) is 11.3 Å². The molecule has 1 aromatic heterocycles. The van der Waals surface area contributed by atoms with Gasteiger partial charge in [0.05, 0.1) is 24.9 Å². The molecule has 2 fully saturated rings. The summed E-state index contributed by atoms with van der Waals surface area (Å²) >= 11 is 0. The van der Waals surface area contributed by atoms with E-state index in [9.17, 15) is 14.7 Å². The minimum Gasteiger partial charge on any atom is -0.497 e. The van der Waals surface area contributed by atoms with Crippen molar-refractivity contribution >= 4 is 28.9 Å². The summed E-state index contributed by atoms with van der Waals surface area (Å²) in [5.41, 5.74) is 6.34. The number of carboxylic acids is 1. The van der Waals surface area contributed by atoms with Gasteiger partial charge in [-0.25, -0.2) is 4.79 Å². The van der Waals surface area contributed by atoms with Crippen molar-refractivity contribution in [3.05, 3.63) is 58.7 Å². The standard InChI is InChI=1S/C34H41N3O4/c1-21-10-12-26(20-35(2)3)37(21)33(38)25-16-24-17-27(41-4)13-15-28(24)32-31(22-8-6-5-7-9-22)29-14-11-23(34(39)40)18-30(29)36(32)19-25/h11,13-18,21-22,26H,5-10,12,19-20H2,1-4H3,(H,39,40). The largest absolute Gasteiger partial charge is 0.497 e. The van der Waals surface area contributed by atoms with Crippen LogP contribution in [0.1, 0.15) is 79.3 Å². The highest BCUT2D eigenvalue weighted by molar-refractivity contribution is 6.03. The maximum absolute atomic E-state index is 14.4. The van der Waals surface area contributed by atoms with Gasteiger partial charge in [-0.2, -0.15) is 0 Å². The lowest BCUT2D eigenvalue weighted by molar-refractivity contribution is -0.130. The number of aromatic nitrogens is 1. The number of carbonyl (C=O) groups is 2. The van der Waals surface area contributed by atoms with Crippen molar-refractivity contribution in [2.24, 2.45) is 0 Å². The van der Waals surface area contributed by atoms with Gasteiger partial charge < -0.3 is 24.2 Å². The van der Waals surface area contributed by atoms with Crippen molar-refractivity contribution < 1.29 is 19.4 Å². The molecule has 1 amide bonds. The number of benzene rings is 2. The van der Waals surface area contributed by atoms with E-state index >= 15 is 0 Å². The molecule has 0 radical (unpaired) electrons. The molecular formula is C34H41N3O4. The van der Waals surface area contributed by atoms with E-state index < -0.39 is 5.97 Å². The van der Waals surface area contributed by atoms with Crippen LogP contribution in [0.15, 0.2) is 42.0 Å². The van der Waals surface area contributed by atoms with Crippen molar-refractivity contribution in [2.75, 3.05) is 27.7 Å². The molecule has 1 saturated heterocycles. The van der Waals surface area contributed by atoms with E-state index in [1.54, 1.807) is 19.2 Å². The number of aromatic carboxylic acids is 1. The van der Waals surface area contributed by atoms with Gasteiger partial charge in [0.15, 0.2) is 0 Å². The number of nitrogens with zero attached hydrogens (tertiary/aromatic N) is 3. The van der Waals surface area contributed by atoms with Gasteiger partial charge >= 0.3 is 5.97 Å². The summed E-state index contributed by atoms with van der Waals surface area (Å²) in [6, 6.07) is 12.0. The summed E-state index contributed by atoms with van der Waals surface area (Å²) < 4.78 is 7.86. The second kappa shape index (κ2) is 11.0. The average molecular weight is 556 g/mol. The number of hydrogen-bond acceptors (Lipinski definition) is 4. The van der Waals surface area contributed by atoms with Crippen LogP contribution in [-0.4, -0.2) is 71.2 Å². The van der Waals surface area contributed by atoms with Crippen molar-refractivity contribution in [1.29, 1.82) is 0 Å². The van der Waals surface area contributed by atoms with Crippen LogP contribution in [0, 0.1) is 0 Å². The van der Waals surface area contributed by atoms with Crippen LogP contribution in [0.3, 0.4) is 0 Å². The quantitative estimate of drug-likeness (QED) is 0.381. The van der Waals surface area contributed by atoms with Gasteiger partial charge in [-0.15, -0.1) is 0 Å². The number of carboxylic acid groups (broad SMARTS) is 1. The van der Waals surface area contributed by atoms with E-state index in [0.29, 0.717) is 12.5 Å². The first-order valence-electron chi connectivity index (χ1n) is 15.0. The Morgan fingerprint density at radius 1 is 1.02 bits per heavy atom. The molecule has 0 bridgehead atoms. The summed E-state index contributed by atoms with van der Waals surface area (Å²) in [4.78, 5) is 30.8. The molecule has 2 aliphatic heterocycles. The zero-order chi connectivity index (χ0) is 28.8. The zero-order valence-electron chi connectivity index (χ0n) is 24.7. The molecule has 7 heteroatoms. The molecule has 1 N–H and O–H groups in total. The van der Waals surface area contributed by atoms with Crippen LogP contribution in [0.4, 0.5) is 0 Å². The Kier molecular flexibility index (Phi) is 7.41. The summed E-state index contributed by atoms with van der Waals surface area (Å²) in [5.74, 6) is 0.279. The number of ether oxygens (including phenoxy) is 1. The molecule has 2 atom stereocenters. The molecule has 7 nitrogen and oxygen atoms in total. The van der Waals surface area contributed by atoms with Crippen molar-refractivity contribution in [3.8, 4) is 17.0 Å². The number of likely N-dealkylation sites (tertiary alicyclic amines) is 1. The van der Waals surface area contributed by atoms with E-state index in [-0.39, 0.29) is 23.6 Å². The van der Waals surface area contributed by atoms with Crippen molar-refractivity contribution in [3.63, 3.8) is 0 Å². The summed E-state index contributed by atoms with van der Waals surface area (Å²) in [5, 5.41) is 11.0. The van der Waals surface area contributed by atoms with Gasteiger partial charge in [-0.3, -0.25) is 4.79 Å². The van der Waals surface area contributed by atoms with Crippen LogP contribution < -0.4 is 4.74 Å². The van der Waals surface area contributed by atoms with Gasteiger partial charge in [0.2, 0.25) is 0 Å². The summed E-state index contributed by atoms with van der Waals surface area (Å²) in [7, 11) is 5.79. The molecule has 1 saturated carbocycles. The van der Waals surface area contributed by atoms with Gasteiger partial charge in [-0.1, -0.05) is 25.3 Å². The van der Waals surface area contributed by atoms with E-state index in [0.717, 1.165) is 71.3 Å². The predicted molar refractivity (Wildman–Crippen MR) is 163 cm³/mol. The molecule has 3 aliphatic rings. The fourth-order valence-electron chi connectivity index (χ4n) is 7.51. The number of methoxy groups -OCH3 is 1. The lowest BCUT2D eigenvalue weighted by Crippen LogP contribution is -2.45. The SMILES string of the molecule is COc1ccc2c(c1)C=C(C(=O)N1C(C)CCC1CN(C)C)Cn1c-2c(C2CCCCC2)c2ccc(C(=O)O)cc21. The normalized spacial score (nSPS) is 21.0. The maximum Gasteiger partial charge on any atom is 0.335 e. The molecule has 2 aromatic carbocycles. The Hall–Kier alpha value is -3.58. The van der Waals surface area contributed by atoms with Gasteiger partial charge in [0.1, 0.15) is 5.75 Å². The molecule has 1 aliphatic carbocycles. The van der Waals surface area contributed by atoms with E-state index in [4.69, 9.17) is 4.74 Å². The minimum absolute atomic E-state index is 0.0684. The monoisotopic (exact) mass is 555 g/mol. The van der Waals surface area contributed by atoms with Crippen LogP contribution >= 0.6 is 0 Å². The Labute approximate surface area is 242 Å². The molecule has 0 spiro atoms. The number of likely N-dealkylation sites (N-methyl/N-ethyl adjacent to an activating group) is 1. The Balaban J connectivity index is 1.57. The summed E-state index contributed by atoms with van der Waals surface area (Å²) in [6.45, 7) is 3.38. The first kappa shape index (κ1) is 27.6. The third-order valence-corrected chi connectivity index (χ3v) is 9.41. The highest BCUT2D eigenvalue weighted by Gasteiger charge is 2.37. The predicted octanol–water partition coefficient (Wildman–Crippen LogP) is 6.40. The molecule has 2 unspecified atom stereocenters. The van der Waals surface area contributed by atoms with Crippen LogP contribution in [0.2, 0.25) is 0 Å². The highest BCUT2D eigenvalue weighted by atomic mass is 16.5. The van der Waals surface area contributed by atoms with Crippen LogP contribution in [0.5, 0.6) is 5.75 Å². The number of amides is 1. The van der Waals surface area contributed by atoms with Crippen molar-refractivity contribution in [1.82, 2.24) is 14.4 Å². The third-order valence-electron chi connectivity index (χ3n) is 9.41. The lowest BCUT2D eigenvalue weighted by Gasteiger charge is -2.31. The highest BCUT2D eigenvalue weighted by Crippen LogP contribution is 2.47. The fourth-order valence-corrected chi connectivity index (χ4v) is 7.51. The molecule has 6 rings (SSSR count). The molecular weight excluding hydrogens is 514 g/mol. The first-order chi connectivity index (χ1) is 19.8. The number of rotatable bonds is 6. The molecule has 3 heterocycles. The first-order valence-corrected chi connectivity index (χ1v) is 15.0. The topological polar surface area (TPSA) is 75.0 Å². The smallest absolute Gasteiger partial charge is 0.335 e. The lowest BCUT2D eigenvalue weighted by atomic mass is 9.81. The minimum atomic E-state index is -0.940. The number of fused-ring (bicyclic) bond motifs is 5. The van der Waals surface area contributed by atoms with Gasteiger partial charge in [-0.05, 0) is 100 Å². The fraction of sp³-hybridized carbons (Fsp3) is 0.471. The van der Waals surface area contributed by atoms with Gasteiger partial charge in [0.25, 0.3) is 5.91 Å². The van der Waals surface area contributed by atoms with E-state index in [1.165, 1.54) is 24.8 Å². The maximum atomic E-state index is 14.4. The van der Waals surface area contributed by atoms with Gasteiger partial charge in [0, 0.05) is 40.7 Å². The van der Waals surface area contributed by atoms with Crippen molar-refractivity contribution in [2.45, 2.75) is 76.4 Å². The zero-order valence-corrected chi connectivity index (χ0v) is 24.7. The number of carbonyl (C=O) groups excluding carboxylic acids is 1. The Morgan fingerprint density at radius 2 is 1.80 bits per heavy atom. The van der Waals surface area contributed by atoms with Crippen LogP contribution in [0.25, 0.3) is 28.2 Å². The molecule has 216 valence electrons. The number of hydrogen-bond donors (Lipinski definition) is 1. The molecule has 41 heavy (non-hydrogen) atoms. The Morgan fingerprint density at radius 3 is 2.51 bits per heavy atom. The third kappa shape index (κ3) is 4.94. The molecule has 3 aromatic rings. The second-order valence-electron chi connectivity index (χ2n) is 12.4. The van der Waals surface area contributed by atoms with E-state index in [2.05, 4.69) is 47.5 Å². The average Bonchev–Trinajstić information content (AvgIpc) is 3.42. The second-order valence-corrected chi connectivity index (χ2v) is 12.4. The Bertz CT molecular complexity index is 1530. The van der Waals surface area contributed by atoms with E-state index in [1.807, 2.05) is 18.2 Å². The summed E-state index contributed by atoms with van der Waals surface area (Å²) in [6.07, 6.45) is 9.93.